The van der Waals surface area contributed by atoms with Crippen LogP contribution in [0.3, 0.4) is 0 Å². The Morgan fingerprint density at radius 2 is 2.17 bits per heavy atom. The number of hydrogen-bond acceptors (Lipinski definition) is 6. The molecule has 1 fully saturated rings. The summed E-state index contributed by atoms with van der Waals surface area (Å²) in [5.74, 6) is 0.739. The van der Waals surface area contributed by atoms with E-state index >= 15 is 0 Å². The van der Waals surface area contributed by atoms with Crippen LogP contribution in [0, 0.1) is 6.92 Å². The normalized spacial score (nSPS) is 14.6. The molecule has 23 heavy (non-hydrogen) atoms. The van der Waals surface area contributed by atoms with Crippen LogP contribution in [0.5, 0.6) is 0 Å². The number of rotatable bonds is 4. The average molecular weight is 313 g/mol. The molecule has 0 aliphatic carbocycles. The van der Waals surface area contributed by atoms with Crippen LogP contribution in [0.2, 0.25) is 0 Å². The van der Waals surface area contributed by atoms with Crippen molar-refractivity contribution in [3.8, 4) is 0 Å². The van der Waals surface area contributed by atoms with E-state index in [1.54, 1.807) is 13.0 Å². The van der Waals surface area contributed by atoms with E-state index in [2.05, 4.69) is 25.4 Å². The summed E-state index contributed by atoms with van der Waals surface area (Å²) in [7, 11) is 0. The molecule has 1 aliphatic rings. The van der Waals surface area contributed by atoms with Gasteiger partial charge in [-0.25, -0.2) is 4.98 Å². The zero-order valence-electron chi connectivity index (χ0n) is 13.0. The number of aromatic nitrogens is 3. The number of carbonyl (C=O) groups is 1. The monoisotopic (exact) mass is 313 g/mol. The summed E-state index contributed by atoms with van der Waals surface area (Å²) in [4.78, 5) is 18.9. The molecule has 7 heteroatoms. The minimum Gasteiger partial charge on any atom is -0.378 e. The predicted molar refractivity (Wildman–Crippen MR) is 85.2 cm³/mol. The van der Waals surface area contributed by atoms with Gasteiger partial charge in [0.1, 0.15) is 5.82 Å². The molecule has 2 aromatic rings. The molecular weight excluding hydrogens is 294 g/mol. The van der Waals surface area contributed by atoms with Gasteiger partial charge in [-0.1, -0.05) is 6.07 Å². The Balaban J connectivity index is 1.63. The molecule has 0 unspecified atom stereocenters. The van der Waals surface area contributed by atoms with E-state index < -0.39 is 0 Å². The highest BCUT2D eigenvalue weighted by Crippen LogP contribution is 2.13. The van der Waals surface area contributed by atoms with E-state index in [4.69, 9.17) is 4.74 Å². The number of pyridine rings is 1. The van der Waals surface area contributed by atoms with E-state index in [9.17, 15) is 4.79 Å². The number of anilines is 1. The number of aryl methyl sites for hydroxylation is 1. The number of nitrogens with zero attached hydrogens (tertiary/aromatic N) is 4. The molecule has 3 heterocycles. The maximum Gasteiger partial charge on any atom is 0.253 e. The average Bonchev–Trinajstić information content (AvgIpc) is 2.61. The molecule has 1 saturated heterocycles. The summed E-state index contributed by atoms with van der Waals surface area (Å²) < 4.78 is 5.35. The Morgan fingerprint density at radius 1 is 1.35 bits per heavy atom. The third-order valence-electron chi connectivity index (χ3n) is 3.60. The minimum atomic E-state index is -0.179. The first kappa shape index (κ1) is 15.4. The van der Waals surface area contributed by atoms with Crippen molar-refractivity contribution in [3.63, 3.8) is 0 Å². The van der Waals surface area contributed by atoms with Crippen molar-refractivity contribution in [2.45, 2.75) is 13.5 Å². The molecule has 0 aromatic carbocycles. The second-order valence-electron chi connectivity index (χ2n) is 5.35. The van der Waals surface area contributed by atoms with Gasteiger partial charge in [0.05, 0.1) is 42.9 Å². The molecule has 0 radical (unpaired) electrons. The Morgan fingerprint density at radius 3 is 2.96 bits per heavy atom. The fraction of sp³-hybridized carbons (Fsp3) is 0.375. The molecule has 3 rings (SSSR count). The lowest BCUT2D eigenvalue weighted by atomic mass is 10.2. The van der Waals surface area contributed by atoms with Crippen LogP contribution in [0.4, 0.5) is 5.82 Å². The van der Waals surface area contributed by atoms with E-state index in [0.717, 1.165) is 37.8 Å². The second kappa shape index (κ2) is 7.15. The Labute approximate surface area is 134 Å². The predicted octanol–water partition coefficient (Wildman–Crippen LogP) is 0.947. The van der Waals surface area contributed by atoms with Gasteiger partial charge in [0, 0.05) is 13.1 Å². The highest BCUT2D eigenvalue weighted by atomic mass is 16.5. The Kier molecular flexibility index (Phi) is 4.77. The summed E-state index contributed by atoms with van der Waals surface area (Å²) >= 11 is 0. The summed E-state index contributed by atoms with van der Waals surface area (Å²) in [6.07, 6.45) is 1.46. The van der Waals surface area contributed by atoms with Gasteiger partial charge in [-0.15, -0.1) is 0 Å². The Hall–Kier alpha value is -2.54. The lowest BCUT2D eigenvalue weighted by Crippen LogP contribution is -2.37. The van der Waals surface area contributed by atoms with Crippen molar-refractivity contribution in [2.24, 2.45) is 0 Å². The molecule has 1 amide bonds. The van der Waals surface area contributed by atoms with Crippen molar-refractivity contribution >= 4 is 11.7 Å². The smallest absolute Gasteiger partial charge is 0.253 e. The number of hydrogen-bond donors (Lipinski definition) is 1. The lowest BCUT2D eigenvalue weighted by molar-refractivity contribution is 0.0949. The summed E-state index contributed by atoms with van der Waals surface area (Å²) in [5, 5.41) is 10.5. The van der Waals surface area contributed by atoms with Gasteiger partial charge < -0.3 is 15.0 Å². The van der Waals surface area contributed by atoms with Crippen LogP contribution >= 0.6 is 0 Å². The van der Waals surface area contributed by atoms with Crippen LogP contribution < -0.4 is 10.2 Å². The maximum atomic E-state index is 12.1. The zero-order chi connectivity index (χ0) is 16.1. The van der Waals surface area contributed by atoms with Crippen LogP contribution in [-0.4, -0.2) is 47.4 Å². The lowest BCUT2D eigenvalue weighted by Gasteiger charge is -2.28. The molecule has 120 valence electrons. The molecule has 0 saturated carbocycles. The van der Waals surface area contributed by atoms with E-state index in [-0.39, 0.29) is 5.91 Å². The number of carbonyl (C=O) groups excluding carboxylic acids is 1. The summed E-state index contributed by atoms with van der Waals surface area (Å²) in [6, 6.07) is 7.55. The molecule has 0 atom stereocenters. The standard InChI is InChI=1S/C16H19N5O2/c1-12-9-13(10-18-20-12)16(22)17-11-14-3-2-4-15(19-14)21-5-7-23-8-6-21/h2-4,9-10H,5-8,11H2,1H3,(H,17,22). The third kappa shape index (κ3) is 4.01. The fourth-order valence-electron chi connectivity index (χ4n) is 2.40. The van der Waals surface area contributed by atoms with Crippen LogP contribution in [0.15, 0.2) is 30.5 Å². The SMILES string of the molecule is Cc1cc(C(=O)NCc2cccc(N3CCOCC3)n2)cnn1. The first-order valence-corrected chi connectivity index (χ1v) is 7.58. The first-order valence-electron chi connectivity index (χ1n) is 7.58. The number of amides is 1. The van der Waals surface area contributed by atoms with Gasteiger partial charge in [0.25, 0.3) is 5.91 Å². The van der Waals surface area contributed by atoms with Crippen LogP contribution in [-0.2, 0) is 11.3 Å². The van der Waals surface area contributed by atoms with Crippen LogP contribution in [0.25, 0.3) is 0 Å². The number of nitrogens with one attached hydrogen (secondary N) is 1. The maximum absolute atomic E-state index is 12.1. The number of morpholine rings is 1. The fourth-order valence-corrected chi connectivity index (χ4v) is 2.40. The summed E-state index contributed by atoms with van der Waals surface area (Å²) in [5.41, 5.74) is 2.04. The van der Waals surface area contributed by atoms with Gasteiger partial charge in [-0.2, -0.15) is 10.2 Å². The quantitative estimate of drug-likeness (QED) is 0.905. The molecule has 1 aliphatic heterocycles. The number of ether oxygens (including phenoxy) is 1. The molecule has 0 spiro atoms. The Bertz CT molecular complexity index is 686. The van der Waals surface area contributed by atoms with Crippen molar-refractivity contribution in [3.05, 3.63) is 47.4 Å². The van der Waals surface area contributed by atoms with Gasteiger partial charge in [-0.05, 0) is 25.1 Å². The highest BCUT2D eigenvalue weighted by molar-refractivity contribution is 5.93. The largest absolute Gasteiger partial charge is 0.378 e. The topological polar surface area (TPSA) is 80.2 Å². The van der Waals surface area contributed by atoms with Gasteiger partial charge in [0.15, 0.2) is 0 Å². The van der Waals surface area contributed by atoms with Crippen LogP contribution in [0.1, 0.15) is 21.7 Å². The first-order chi connectivity index (χ1) is 11.2. The highest BCUT2D eigenvalue weighted by Gasteiger charge is 2.13. The van der Waals surface area contributed by atoms with Crippen molar-refractivity contribution in [1.82, 2.24) is 20.5 Å². The third-order valence-corrected chi connectivity index (χ3v) is 3.60. The minimum absolute atomic E-state index is 0.179. The molecule has 0 bridgehead atoms. The van der Waals surface area contributed by atoms with Crippen molar-refractivity contribution in [1.29, 1.82) is 0 Å². The van der Waals surface area contributed by atoms with E-state index in [1.165, 1.54) is 6.20 Å². The molecule has 2 aromatic heterocycles. The van der Waals surface area contributed by atoms with Gasteiger partial charge >= 0.3 is 0 Å². The molecule has 7 nitrogen and oxygen atoms in total. The van der Waals surface area contributed by atoms with E-state index in [1.807, 2.05) is 18.2 Å². The van der Waals surface area contributed by atoms with E-state index in [0.29, 0.717) is 17.8 Å². The van der Waals surface area contributed by atoms with Crippen molar-refractivity contribution in [2.75, 3.05) is 31.2 Å². The van der Waals surface area contributed by atoms with Crippen molar-refractivity contribution < 1.29 is 9.53 Å². The summed E-state index contributed by atoms with van der Waals surface area (Å²) in [6.45, 7) is 5.29. The van der Waals surface area contributed by atoms with Gasteiger partial charge in [-0.3, -0.25) is 4.79 Å². The molecule has 1 N–H and O–H groups in total. The second-order valence-corrected chi connectivity index (χ2v) is 5.35. The van der Waals surface area contributed by atoms with Gasteiger partial charge in [0.2, 0.25) is 0 Å². The molecular formula is C16H19N5O2. The zero-order valence-corrected chi connectivity index (χ0v) is 13.0.